The summed E-state index contributed by atoms with van der Waals surface area (Å²) in [7, 11) is 1.29. The van der Waals surface area contributed by atoms with E-state index in [1.807, 2.05) is 26.8 Å². The molecule has 7 nitrogen and oxygen atoms in total. The number of nitrogens with zero attached hydrogens (tertiary/aromatic N) is 1. The van der Waals surface area contributed by atoms with Gasteiger partial charge in [0.05, 0.1) is 19.3 Å². The lowest BCUT2D eigenvalue weighted by Gasteiger charge is -2.13. The fourth-order valence-electron chi connectivity index (χ4n) is 3.64. The van der Waals surface area contributed by atoms with Crippen LogP contribution in [0.25, 0.3) is 6.08 Å². The standard InChI is InChI=1S/C29H28N2O5/c1-5-35-27-16-21(6-11-26(27)36-18-22-13-19(2)12-20(3)14-22)15-24(17-30)28(32)31-25-9-7-23(8-10-25)29(33)34-4/h6-16H,5,18H2,1-4H3,(H,31,32)/b24-15+. The van der Waals surface area contributed by atoms with Gasteiger partial charge in [-0.15, -0.1) is 0 Å². The summed E-state index contributed by atoms with van der Waals surface area (Å²) in [4.78, 5) is 24.2. The molecule has 0 aliphatic carbocycles. The highest BCUT2D eigenvalue weighted by Crippen LogP contribution is 2.30. The van der Waals surface area contributed by atoms with Crippen LogP contribution in [0.5, 0.6) is 11.5 Å². The smallest absolute Gasteiger partial charge is 0.337 e. The van der Waals surface area contributed by atoms with E-state index in [1.165, 1.54) is 36.4 Å². The Morgan fingerprint density at radius 2 is 1.64 bits per heavy atom. The number of ether oxygens (including phenoxy) is 3. The zero-order valence-electron chi connectivity index (χ0n) is 20.8. The molecule has 1 amide bonds. The van der Waals surface area contributed by atoms with E-state index in [4.69, 9.17) is 9.47 Å². The van der Waals surface area contributed by atoms with Gasteiger partial charge in [-0.1, -0.05) is 35.4 Å². The van der Waals surface area contributed by atoms with Gasteiger partial charge in [0.1, 0.15) is 18.2 Å². The van der Waals surface area contributed by atoms with Crippen molar-refractivity contribution in [2.45, 2.75) is 27.4 Å². The molecule has 0 bridgehead atoms. The van der Waals surface area contributed by atoms with Gasteiger partial charge in [0.25, 0.3) is 5.91 Å². The Kier molecular flexibility index (Phi) is 8.84. The average Bonchev–Trinajstić information content (AvgIpc) is 2.86. The van der Waals surface area contributed by atoms with Crippen molar-refractivity contribution in [3.8, 4) is 17.6 Å². The highest BCUT2D eigenvalue weighted by molar-refractivity contribution is 6.09. The highest BCUT2D eigenvalue weighted by atomic mass is 16.5. The molecule has 0 atom stereocenters. The van der Waals surface area contributed by atoms with Crippen LogP contribution in [0.2, 0.25) is 0 Å². The van der Waals surface area contributed by atoms with E-state index in [2.05, 4.69) is 28.3 Å². The van der Waals surface area contributed by atoms with Gasteiger partial charge in [-0.3, -0.25) is 4.79 Å². The van der Waals surface area contributed by atoms with Crippen LogP contribution in [0.3, 0.4) is 0 Å². The topological polar surface area (TPSA) is 97.7 Å². The Hall–Kier alpha value is -4.57. The number of methoxy groups -OCH3 is 1. The summed E-state index contributed by atoms with van der Waals surface area (Å²) in [6, 6.07) is 19.6. The van der Waals surface area contributed by atoms with Crippen LogP contribution in [-0.2, 0) is 16.1 Å². The monoisotopic (exact) mass is 484 g/mol. The summed E-state index contributed by atoms with van der Waals surface area (Å²) < 4.78 is 16.4. The summed E-state index contributed by atoms with van der Waals surface area (Å²) in [6.07, 6.45) is 1.48. The number of esters is 1. The molecule has 184 valence electrons. The maximum Gasteiger partial charge on any atom is 0.337 e. The molecule has 0 fully saturated rings. The van der Waals surface area contributed by atoms with Gasteiger partial charge in [0.2, 0.25) is 0 Å². The van der Waals surface area contributed by atoms with Crippen LogP contribution in [-0.4, -0.2) is 25.6 Å². The molecule has 3 rings (SSSR count). The lowest BCUT2D eigenvalue weighted by molar-refractivity contribution is -0.112. The van der Waals surface area contributed by atoms with E-state index in [0.717, 1.165) is 5.56 Å². The molecule has 36 heavy (non-hydrogen) atoms. The second-order valence-corrected chi connectivity index (χ2v) is 8.12. The maximum absolute atomic E-state index is 12.7. The third kappa shape index (κ3) is 6.97. The Morgan fingerprint density at radius 3 is 2.25 bits per heavy atom. The van der Waals surface area contributed by atoms with Gasteiger partial charge in [-0.05, 0) is 74.4 Å². The molecule has 0 saturated heterocycles. The molecule has 0 unspecified atom stereocenters. The molecule has 0 spiro atoms. The fraction of sp³-hybridized carbons (Fsp3) is 0.207. The van der Waals surface area contributed by atoms with Crippen molar-refractivity contribution < 1.29 is 23.8 Å². The molecular weight excluding hydrogens is 456 g/mol. The summed E-state index contributed by atoms with van der Waals surface area (Å²) >= 11 is 0. The van der Waals surface area contributed by atoms with Crippen LogP contribution in [0, 0.1) is 25.2 Å². The van der Waals surface area contributed by atoms with Gasteiger partial charge >= 0.3 is 5.97 Å². The first-order chi connectivity index (χ1) is 17.3. The number of benzene rings is 3. The van der Waals surface area contributed by atoms with Crippen molar-refractivity contribution in [2.24, 2.45) is 0 Å². The SMILES string of the molecule is CCOc1cc(/C=C(\C#N)C(=O)Nc2ccc(C(=O)OC)cc2)ccc1OCc1cc(C)cc(C)c1. The Morgan fingerprint density at radius 1 is 0.944 bits per heavy atom. The van der Waals surface area contributed by atoms with Crippen molar-refractivity contribution >= 4 is 23.6 Å². The first-order valence-electron chi connectivity index (χ1n) is 11.4. The minimum Gasteiger partial charge on any atom is -0.490 e. The fourth-order valence-corrected chi connectivity index (χ4v) is 3.64. The van der Waals surface area contributed by atoms with Gasteiger partial charge in [-0.25, -0.2) is 4.79 Å². The van der Waals surface area contributed by atoms with Gasteiger partial charge in [0.15, 0.2) is 11.5 Å². The van der Waals surface area contributed by atoms with E-state index in [9.17, 15) is 14.9 Å². The lowest BCUT2D eigenvalue weighted by Crippen LogP contribution is -2.13. The number of anilines is 1. The van der Waals surface area contributed by atoms with Crippen LogP contribution in [0.15, 0.2) is 66.2 Å². The van der Waals surface area contributed by atoms with Gasteiger partial charge < -0.3 is 19.5 Å². The highest BCUT2D eigenvalue weighted by Gasteiger charge is 2.13. The second kappa shape index (κ2) is 12.2. The third-order valence-electron chi connectivity index (χ3n) is 5.18. The number of hydrogen-bond donors (Lipinski definition) is 1. The molecule has 1 N–H and O–H groups in total. The van der Waals surface area contributed by atoms with E-state index in [0.29, 0.717) is 41.5 Å². The Labute approximate surface area is 210 Å². The zero-order valence-corrected chi connectivity index (χ0v) is 20.8. The predicted octanol–water partition coefficient (Wildman–Crippen LogP) is 5.61. The van der Waals surface area contributed by atoms with Crippen LogP contribution < -0.4 is 14.8 Å². The molecule has 0 aromatic heterocycles. The van der Waals surface area contributed by atoms with Crippen LogP contribution in [0.1, 0.15) is 39.5 Å². The Bertz CT molecular complexity index is 1300. The molecular formula is C29H28N2O5. The number of hydrogen-bond acceptors (Lipinski definition) is 6. The van der Waals surface area contributed by atoms with Crippen molar-refractivity contribution in [2.75, 3.05) is 19.0 Å². The number of rotatable bonds is 9. The molecule has 0 aliphatic rings. The number of carbonyl (C=O) groups is 2. The lowest BCUT2D eigenvalue weighted by atomic mass is 10.1. The first-order valence-corrected chi connectivity index (χ1v) is 11.4. The van der Waals surface area contributed by atoms with Gasteiger partial charge in [-0.2, -0.15) is 5.26 Å². The number of carbonyl (C=O) groups excluding carboxylic acids is 2. The number of nitrogens with one attached hydrogen (secondary N) is 1. The number of amides is 1. The van der Waals surface area contributed by atoms with Crippen molar-refractivity contribution in [3.63, 3.8) is 0 Å². The van der Waals surface area contributed by atoms with E-state index < -0.39 is 11.9 Å². The van der Waals surface area contributed by atoms with Crippen LogP contribution in [0.4, 0.5) is 5.69 Å². The van der Waals surface area contributed by atoms with Crippen molar-refractivity contribution in [1.82, 2.24) is 0 Å². The molecule has 0 radical (unpaired) electrons. The summed E-state index contributed by atoms with van der Waals surface area (Å²) in [6.45, 7) is 6.78. The zero-order chi connectivity index (χ0) is 26.1. The predicted molar refractivity (Wildman–Crippen MR) is 138 cm³/mol. The van der Waals surface area contributed by atoms with E-state index in [1.54, 1.807) is 30.3 Å². The summed E-state index contributed by atoms with van der Waals surface area (Å²) in [5.74, 6) is 0.0435. The van der Waals surface area contributed by atoms with Crippen molar-refractivity contribution in [3.05, 3.63) is 94.1 Å². The van der Waals surface area contributed by atoms with Crippen LogP contribution >= 0.6 is 0 Å². The average molecular weight is 485 g/mol. The summed E-state index contributed by atoms with van der Waals surface area (Å²) in [5, 5.41) is 12.2. The third-order valence-corrected chi connectivity index (χ3v) is 5.18. The molecule has 0 aliphatic heterocycles. The largest absolute Gasteiger partial charge is 0.490 e. The molecule has 0 heterocycles. The normalized spacial score (nSPS) is 10.8. The molecule has 3 aromatic rings. The van der Waals surface area contributed by atoms with E-state index >= 15 is 0 Å². The van der Waals surface area contributed by atoms with Crippen molar-refractivity contribution in [1.29, 1.82) is 5.26 Å². The molecule has 3 aromatic carbocycles. The van der Waals surface area contributed by atoms with E-state index in [-0.39, 0.29) is 5.57 Å². The minimum absolute atomic E-state index is 0.0848. The molecule has 7 heteroatoms. The quantitative estimate of drug-likeness (QED) is 0.241. The summed E-state index contributed by atoms with van der Waals surface area (Å²) in [5.41, 5.74) is 4.72. The Balaban J connectivity index is 1.76. The van der Waals surface area contributed by atoms with Gasteiger partial charge in [0, 0.05) is 5.69 Å². The first kappa shape index (κ1) is 26.0. The maximum atomic E-state index is 12.7. The molecule has 0 saturated carbocycles. The number of aryl methyl sites for hydroxylation is 2. The second-order valence-electron chi connectivity index (χ2n) is 8.12. The number of nitriles is 1. The minimum atomic E-state index is -0.573.